The molecule has 0 fully saturated rings. The van der Waals surface area contributed by atoms with Gasteiger partial charge in [0.2, 0.25) is 5.91 Å². The van der Waals surface area contributed by atoms with Crippen LogP contribution in [0.2, 0.25) is 0 Å². The molecule has 19 heavy (non-hydrogen) atoms. The Morgan fingerprint density at radius 1 is 1.37 bits per heavy atom. The minimum Gasteiger partial charge on any atom is -0.492 e. The number of benzene rings is 1. The molecule has 2 N–H and O–H groups in total. The molecule has 1 aromatic carbocycles. The van der Waals surface area contributed by atoms with Gasteiger partial charge in [-0.05, 0) is 26.1 Å². The van der Waals surface area contributed by atoms with E-state index in [1.807, 2.05) is 43.1 Å². The van der Waals surface area contributed by atoms with Gasteiger partial charge in [-0.2, -0.15) is 0 Å². The summed E-state index contributed by atoms with van der Waals surface area (Å²) in [7, 11) is 1.87. The average Bonchev–Trinajstić information content (AvgIpc) is 2.39. The number of rotatable bonds is 8. The number of likely N-dealkylation sites (N-methyl/N-ethyl adjacent to an activating group) is 1. The van der Waals surface area contributed by atoms with Gasteiger partial charge >= 0.3 is 0 Å². The third kappa shape index (κ3) is 5.72. The zero-order valence-electron chi connectivity index (χ0n) is 11.6. The second-order valence-corrected chi connectivity index (χ2v) is 4.25. The predicted molar refractivity (Wildman–Crippen MR) is 75.4 cm³/mol. The number of carbonyl (C=O) groups is 1. The van der Waals surface area contributed by atoms with Gasteiger partial charge in [-0.15, -0.1) is 0 Å². The molecule has 0 unspecified atom stereocenters. The molecule has 0 spiro atoms. The van der Waals surface area contributed by atoms with E-state index in [1.165, 1.54) is 0 Å². The Balaban J connectivity index is 2.48. The molecule has 5 heteroatoms. The standard InChI is InChI=1S/C14H22N2O3/c1-3-19-13-7-5-4-6-12(13)15-14(18)8-9-16(2)10-11-17/h4-7,17H,3,8-11H2,1-2H3,(H,15,18). The molecule has 0 aliphatic heterocycles. The number of hydrogen-bond donors (Lipinski definition) is 2. The Labute approximate surface area is 114 Å². The van der Waals surface area contributed by atoms with Crippen LogP contribution in [0, 0.1) is 0 Å². The Bertz CT molecular complexity index is 396. The number of para-hydroxylation sites is 2. The van der Waals surface area contributed by atoms with Gasteiger partial charge in [0.05, 0.1) is 18.9 Å². The fourth-order valence-corrected chi connectivity index (χ4v) is 1.64. The van der Waals surface area contributed by atoms with Gasteiger partial charge in [0.15, 0.2) is 0 Å². The normalized spacial score (nSPS) is 10.5. The zero-order chi connectivity index (χ0) is 14.1. The van der Waals surface area contributed by atoms with Crippen molar-refractivity contribution in [3.05, 3.63) is 24.3 Å². The first-order valence-corrected chi connectivity index (χ1v) is 6.48. The van der Waals surface area contributed by atoms with Crippen molar-refractivity contribution in [3.63, 3.8) is 0 Å². The van der Waals surface area contributed by atoms with Crippen molar-refractivity contribution in [1.29, 1.82) is 0 Å². The smallest absolute Gasteiger partial charge is 0.225 e. The lowest BCUT2D eigenvalue weighted by Crippen LogP contribution is -2.26. The van der Waals surface area contributed by atoms with Crippen LogP contribution < -0.4 is 10.1 Å². The molecule has 1 amide bonds. The number of amides is 1. The molecular weight excluding hydrogens is 244 g/mol. The molecule has 0 saturated heterocycles. The summed E-state index contributed by atoms with van der Waals surface area (Å²) in [6.07, 6.45) is 0.386. The predicted octanol–water partition coefficient (Wildman–Crippen LogP) is 1.34. The van der Waals surface area contributed by atoms with E-state index in [0.717, 1.165) is 0 Å². The van der Waals surface area contributed by atoms with Crippen LogP contribution in [0.15, 0.2) is 24.3 Å². The summed E-state index contributed by atoms with van der Waals surface area (Å²) in [5.41, 5.74) is 0.694. The monoisotopic (exact) mass is 266 g/mol. The fourth-order valence-electron chi connectivity index (χ4n) is 1.64. The Hall–Kier alpha value is -1.59. The van der Waals surface area contributed by atoms with E-state index in [-0.39, 0.29) is 12.5 Å². The SMILES string of the molecule is CCOc1ccccc1NC(=O)CCN(C)CCO. The molecule has 0 saturated carbocycles. The van der Waals surface area contributed by atoms with Crippen molar-refractivity contribution >= 4 is 11.6 Å². The minimum absolute atomic E-state index is 0.0584. The van der Waals surface area contributed by atoms with E-state index in [4.69, 9.17) is 9.84 Å². The first-order valence-electron chi connectivity index (χ1n) is 6.48. The summed E-state index contributed by atoms with van der Waals surface area (Å²) >= 11 is 0. The molecule has 5 nitrogen and oxygen atoms in total. The summed E-state index contributed by atoms with van der Waals surface area (Å²) < 4.78 is 5.44. The number of aliphatic hydroxyl groups is 1. The van der Waals surface area contributed by atoms with Gasteiger partial charge in [-0.1, -0.05) is 12.1 Å². The molecule has 1 rings (SSSR count). The lowest BCUT2D eigenvalue weighted by atomic mass is 10.2. The molecule has 0 heterocycles. The molecule has 0 aromatic heterocycles. The Morgan fingerprint density at radius 2 is 2.11 bits per heavy atom. The van der Waals surface area contributed by atoms with Crippen molar-refractivity contribution in [1.82, 2.24) is 4.90 Å². The van der Waals surface area contributed by atoms with E-state index in [1.54, 1.807) is 0 Å². The van der Waals surface area contributed by atoms with Crippen molar-refractivity contribution in [2.24, 2.45) is 0 Å². The van der Waals surface area contributed by atoms with E-state index >= 15 is 0 Å². The summed E-state index contributed by atoms with van der Waals surface area (Å²) in [4.78, 5) is 13.7. The quantitative estimate of drug-likeness (QED) is 0.745. The topological polar surface area (TPSA) is 61.8 Å². The highest BCUT2D eigenvalue weighted by molar-refractivity contribution is 5.92. The second kappa shape index (κ2) is 8.50. The van der Waals surface area contributed by atoms with Gasteiger partial charge in [0, 0.05) is 19.5 Å². The van der Waals surface area contributed by atoms with Crippen LogP contribution in [0.3, 0.4) is 0 Å². The van der Waals surface area contributed by atoms with Crippen molar-refractivity contribution in [2.45, 2.75) is 13.3 Å². The van der Waals surface area contributed by atoms with Crippen LogP contribution in [0.5, 0.6) is 5.75 Å². The molecular formula is C14H22N2O3. The van der Waals surface area contributed by atoms with Gasteiger partial charge in [-0.25, -0.2) is 0 Å². The molecule has 0 atom stereocenters. The van der Waals surface area contributed by atoms with Crippen LogP contribution >= 0.6 is 0 Å². The van der Waals surface area contributed by atoms with Crippen LogP contribution in [0.4, 0.5) is 5.69 Å². The van der Waals surface area contributed by atoms with E-state index in [0.29, 0.717) is 37.6 Å². The van der Waals surface area contributed by atoms with Gasteiger partial charge < -0.3 is 20.1 Å². The van der Waals surface area contributed by atoms with Crippen LogP contribution in [-0.4, -0.2) is 49.3 Å². The van der Waals surface area contributed by atoms with Gasteiger partial charge in [0.25, 0.3) is 0 Å². The number of nitrogens with one attached hydrogen (secondary N) is 1. The largest absolute Gasteiger partial charge is 0.492 e. The van der Waals surface area contributed by atoms with Crippen molar-refractivity contribution < 1.29 is 14.6 Å². The van der Waals surface area contributed by atoms with Crippen LogP contribution in [-0.2, 0) is 4.79 Å². The molecule has 106 valence electrons. The highest BCUT2D eigenvalue weighted by atomic mass is 16.5. The fraction of sp³-hybridized carbons (Fsp3) is 0.500. The average molecular weight is 266 g/mol. The lowest BCUT2D eigenvalue weighted by molar-refractivity contribution is -0.116. The Kier molecular flexibility index (Phi) is 6.92. The maximum absolute atomic E-state index is 11.8. The number of ether oxygens (including phenoxy) is 1. The zero-order valence-corrected chi connectivity index (χ0v) is 11.6. The minimum atomic E-state index is -0.0584. The second-order valence-electron chi connectivity index (χ2n) is 4.25. The van der Waals surface area contributed by atoms with Gasteiger partial charge in [0.1, 0.15) is 5.75 Å². The molecule has 0 bridgehead atoms. The number of nitrogens with zero attached hydrogens (tertiary/aromatic N) is 1. The lowest BCUT2D eigenvalue weighted by Gasteiger charge is -2.15. The molecule has 0 aliphatic carbocycles. The van der Waals surface area contributed by atoms with Crippen molar-refractivity contribution in [3.8, 4) is 5.75 Å². The highest BCUT2D eigenvalue weighted by Crippen LogP contribution is 2.23. The summed E-state index contributed by atoms with van der Waals surface area (Å²) in [5.74, 6) is 0.624. The molecule has 1 aromatic rings. The summed E-state index contributed by atoms with van der Waals surface area (Å²) in [5, 5.41) is 11.6. The third-order valence-electron chi connectivity index (χ3n) is 2.66. The van der Waals surface area contributed by atoms with Crippen LogP contribution in [0.25, 0.3) is 0 Å². The number of carbonyl (C=O) groups excluding carboxylic acids is 1. The molecule has 0 radical (unpaired) electrons. The Morgan fingerprint density at radius 3 is 2.79 bits per heavy atom. The van der Waals surface area contributed by atoms with Crippen LogP contribution in [0.1, 0.15) is 13.3 Å². The number of hydrogen-bond acceptors (Lipinski definition) is 4. The van der Waals surface area contributed by atoms with E-state index < -0.39 is 0 Å². The maximum Gasteiger partial charge on any atom is 0.225 e. The molecule has 0 aliphatic rings. The first kappa shape index (κ1) is 15.5. The van der Waals surface area contributed by atoms with Gasteiger partial charge in [-0.3, -0.25) is 4.79 Å². The maximum atomic E-state index is 11.8. The summed E-state index contributed by atoms with van der Waals surface area (Å²) in [6.45, 7) is 3.76. The van der Waals surface area contributed by atoms with E-state index in [2.05, 4.69) is 5.32 Å². The third-order valence-corrected chi connectivity index (χ3v) is 2.66. The summed E-state index contributed by atoms with van der Waals surface area (Å²) in [6, 6.07) is 7.38. The van der Waals surface area contributed by atoms with E-state index in [9.17, 15) is 4.79 Å². The number of anilines is 1. The number of aliphatic hydroxyl groups excluding tert-OH is 1. The highest BCUT2D eigenvalue weighted by Gasteiger charge is 2.08. The first-order chi connectivity index (χ1) is 9.17. The van der Waals surface area contributed by atoms with Crippen molar-refractivity contribution in [2.75, 3.05) is 38.7 Å².